The number of phenols is 1. The first-order chi connectivity index (χ1) is 6.69. The molecule has 14 heavy (non-hydrogen) atoms. The number of aromatic hydroxyl groups is 1. The van der Waals surface area contributed by atoms with Crippen LogP contribution in [0.1, 0.15) is 23.6 Å². The van der Waals surface area contributed by atoms with Gasteiger partial charge in [0.25, 0.3) is 0 Å². The first kappa shape index (κ1) is 10.5. The van der Waals surface area contributed by atoms with Crippen molar-refractivity contribution in [3.63, 3.8) is 0 Å². The molecule has 1 rings (SSSR count). The highest BCUT2D eigenvalue weighted by Crippen LogP contribution is 2.22. The number of nitrogens with zero attached hydrogens (tertiary/aromatic N) is 1. The Kier molecular flexibility index (Phi) is 3.46. The van der Waals surface area contributed by atoms with Crippen LogP contribution in [0.5, 0.6) is 5.75 Å². The summed E-state index contributed by atoms with van der Waals surface area (Å²) in [6.07, 6.45) is 0.218. The van der Waals surface area contributed by atoms with E-state index in [1.807, 2.05) is 6.07 Å². The summed E-state index contributed by atoms with van der Waals surface area (Å²) in [6.45, 7) is -0.237. The van der Waals surface area contributed by atoms with Crippen molar-refractivity contribution < 1.29 is 10.2 Å². The first-order valence-electron chi connectivity index (χ1n) is 4.24. The van der Waals surface area contributed by atoms with Gasteiger partial charge in [-0.3, -0.25) is 0 Å². The molecule has 4 N–H and O–H groups in total. The van der Waals surface area contributed by atoms with Gasteiger partial charge in [-0.15, -0.1) is 0 Å². The number of hydrogen-bond donors (Lipinski definition) is 3. The van der Waals surface area contributed by atoms with E-state index in [1.165, 1.54) is 6.07 Å². The van der Waals surface area contributed by atoms with Gasteiger partial charge in [-0.1, -0.05) is 6.07 Å². The zero-order chi connectivity index (χ0) is 10.6. The number of nitriles is 1. The molecule has 0 aromatic heterocycles. The number of aliphatic hydroxyl groups excluding tert-OH is 1. The number of rotatable bonds is 3. The van der Waals surface area contributed by atoms with Gasteiger partial charge < -0.3 is 15.9 Å². The van der Waals surface area contributed by atoms with Crippen molar-refractivity contribution >= 4 is 0 Å². The van der Waals surface area contributed by atoms with Crippen LogP contribution in [0.25, 0.3) is 0 Å². The van der Waals surface area contributed by atoms with Crippen molar-refractivity contribution in [1.82, 2.24) is 0 Å². The van der Waals surface area contributed by atoms with Crippen LogP contribution in [0.2, 0.25) is 0 Å². The van der Waals surface area contributed by atoms with Crippen molar-refractivity contribution in [3.8, 4) is 11.8 Å². The third kappa shape index (κ3) is 2.22. The Morgan fingerprint density at radius 2 is 2.21 bits per heavy atom. The number of benzene rings is 1. The van der Waals surface area contributed by atoms with E-state index in [1.54, 1.807) is 12.1 Å². The van der Waals surface area contributed by atoms with Gasteiger partial charge in [-0.25, -0.2) is 0 Å². The van der Waals surface area contributed by atoms with Gasteiger partial charge in [0.05, 0.1) is 19.1 Å². The highest BCUT2D eigenvalue weighted by atomic mass is 16.3. The van der Waals surface area contributed by atoms with Crippen molar-refractivity contribution in [1.29, 1.82) is 5.26 Å². The quantitative estimate of drug-likeness (QED) is 0.660. The second kappa shape index (κ2) is 4.61. The molecule has 0 aliphatic rings. The predicted octanol–water partition coefficient (Wildman–Crippen LogP) is 0.798. The molecule has 0 fully saturated rings. The topological polar surface area (TPSA) is 90.3 Å². The Balaban J connectivity index is 2.95. The summed E-state index contributed by atoms with van der Waals surface area (Å²) in [6, 6.07) is 6.33. The Morgan fingerprint density at radius 3 is 2.79 bits per heavy atom. The van der Waals surface area contributed by atoms with Gasteiger partial charge in [0.2, 0.25) is 0 Å². The molecule has 0 unspecified atom stereocenters. The van der Waals surface area contributed by atoms with Gasteiger partial charge in [0.15, 0.2) is 0 Å². The van der Waals surface area contributed by atoms with E-state index in [4.69, 9.17) is 16.1 Å². The summed E-state index contributed by atoms with van der Waals surface area (Å²) >= 11 is 0. The average molecular weight is 192 g/mol. The predicted molar refractivity (Wildman–Crippen MR) is 51.2 cm³/mol. The summed E-state index contributed by atoms with van der Waals surface area (Å²) in [4.78, 5) is 0. The van der Waals surface area contributed by atoms with E-state index >= 15 is 0 Å². The van der Waals surface area contributed by atoms with E-state index in [0.717, 1.165) is 5.56 Å². The lowest BCUT2D eigenvalue weighted by atomic mass is 10.0. The van der Waals surface area contributed by atoms with E-state index < -0.39 is 0 Å². The van der Waals surface area contributed by atoms with Gasteiger partial charge in [0.1, 0.15) is 5.75 Å². The third-order valence-corrected chi connectivity index (χ3v) is 2.01. The maximum Gasteiger partial charge on any atom is 0.121 e. The minimum Gasteiger partial charge on any atom is -0.508 e. The fourth-order valence-corrected chi connectivity index (χ4v) is 1.18. The molecule has 0 spiro atoms. The van der Waals surface area contributed by atoms with Crippen molar-refractivity contribution in [3.05, 3.63) is 29.3 Å². The molecule has 4 heteroatoms. The van der Waals surface area contributed by atoms with Crippen molar-refractivity contribution in [2.75, 3.05) is 0 Å². The van der Waals surface area contributed by atoms with Gasteiger partial charge in [-0.2, -0.15) is 5.26 Å². The molecule has 0 saturated heterocycles. The molecule has 0 amide bonds. The Hall–Kier alpha value is -1.57. The highest BCUT2D eigenvalue weighted by molar-refractivity contribution is 5.37. The standard InChI is InChI=1S/C10H12N2O2/c11-4-3-9(12)7-1-2-10(14)8(5-7)6-13/h1-2,5,9,13-14H,3,6,12H2/t9-/m0/s1. The van der Waals surface area contributed by atoms with Gasteiger partial charge in [0, 0.05) is 11.6 Å². The van der Waals surface area contributed by atoms with Gasteiger partial charge in [-0.05, 0) is 17.7 Å². The number of nitrogens with two attached hydrogens (primary N) is 1. The summed E-state index contributed by atoms with van der Waals surface area (Å²) in [5.41, 5.74) is 6.86. The van der Waals surface area contributed by atoms with E-state index in [0.29, 0.717) is 5.56 Å². The minimum absolute atomic E-state index is 0.0420. The molecule has 0 radical (unpaired) electrons. The average Bonchev–Trinajstić information content (AvgIpc) is 2.19. The van der Waals surface area contributed by atoms with E-state index in [-0.39, 0.29) is 24.8 Å². The van der Waals surface area contributed by atoms with Crippen LogP contribution in [0, 0.1) is 11.3 Å². The Labute approximate surface area is 82.2 Å². The van der Waals surface area contributed by atoms with Gasteiger partial charge >= 0.3 is 0 Å². The summed E-state index contributed by atoms with van der Waals surface area (Å²) < 4.78 is 0. The zero-order valence-corrected chi connectivity index (χ0v) is 7.64. The molecule has 0 heterocycles. The van der Waals surface area contributed by atoms with E-state index in [2.05, 4.69) is 0 Å². The largest absolute Gasteiger partial charge is 0.508 e. The van der Waals surface area contributed by atoms with Crippen LogP contribution in [-0.4, -0.2) is 10.2 Å². The molecule has 1 atom stereocenters. The van der Waals surface area contributed by atoms with E-state index in [9.17, 15) is 5.11 Å². The first-order valence-corrected chi connectivity index (χ1v) is 4.24. The second-order valence-electron chi connectivity index (χ2n) is 3.01. The van der Waals surface area contributed by atoms with Crippen LogP contribution in [0.4, 0.5) is 0 Å². The molecule has 1 aromatic rings. The van der Waals surface area contributed by atoms with Crippen LogP contribution in [-0.2, 0) is 6.61 Å². The summed E-state index contributed by atoms with van der Waals surface area (Å²) in [7, 11) is 0. The van der Waals surface area contributed by atoms with Crippen LogP contribution < -0.4 is 5.73 Å². The third-order valence-electron chi connectivity index (χ3n) is 2.01. The molecule has 4 nitrogen and oxygen atoms in total. The molecule has 0 aliphatic heterocycles. The number of hydrogen-bond acceptors (Lipinski definition) is 4. The maximum atomic E-state index is 9.28. The van der Waals surface area contributed by atoms with Crippen molar-refractivity contribution in [2.24, 2.45) is 5.73 Å². The lowest BCUT2D eigenvalue weighted by Gasteiger charge is -2.10. The molecular weight excluding hydrogens is 180 g/mol. The monoisotopic (exact) mass is 192 g/mol. The lowest BCUT2D eigenvalue weighted by molar-refractivity contribution is 0.275. The fourth-order valence-electron chi connectivity index (χ4n) is 1.18. The summed E-state index contributed by atoms with van der Waals surface area (Å²) in [5, 5.41) is 26.6. The van der Waals surface area contributed by atoms with Crippen LogP contribution in [0.15, 0.2) is 18.2 Å². The summed E-state index contributed by atoms with van der Waals surface area (Å²) in [5.74, 6) is 0.0420. The van der Waals surface area contributed by atoms with Crippen molar-refractivity contribution in [2.45, 2.75) is 19.1 Å². The second-order valence-corrected chi connectivity index (χ2v) is 3.01. The molecule has 0 aliphatic carbocycles. The molecule has 0 saturated carbocycles. The van der Waals surface area contributed by atoms with Crippen LogP contribution in [0.3, 0.4) is 0 Å². The maximum absolute atomic E-state index is 9.28. The molecular formula is C10H12N2O2. The number of aliphatic hydroxyl groups is 1. The Morgan fingerprint density at radius 1 is 1.50 bits per heavy atom. The SMILES string of the molecule is N#CC[C@H](N)c1ccc(O)c(CO)c1. The molecule has 0 bridgehead atoms. The highest BCUT2D eigenvalue weighted by Gasteiger charge is 2.08. The zero-order valence-electron chi connectivity index (χ0n) is 7.64. The lowest BCUT2D eigenvalue weighted by Crippen LogP contribution is -2.09. The van der Waals surface area contributed by atoms with Crippen LogP contribution >= 0.6 is 0 Å². The normalized spacial score (nSPS) is 12.1. The minimum atomic E-state index is -0.370. The molecule has 1 aromatic carbocycles. The Bertz CT molecular complexity index is 358. The smallest absolute Gasteiger partial charge is 0.121 e. The fraction of sp³-hybridized carbons (Fsp3) is 0.300. The molecule has 74 valence electrons.